The summed E-state index contributed by atoms with van der Waals surface area (Å²) in [6.07, 6.45) is 21.5. The van der Waals surface area contributed by atoms with Gasteiger partial charge in [-0.25, -0.2) is 0 Å². The Bertz CT molecular complexity index is 854. The summed E-state index contributed by atoms with van der Waals surface area (Å²) in [5.74, 6) is 0. The van der Waals surface area contributed by atoms with Crippen LogP contribution in [0.15, 0.2) is 49.1 Å². The highest BCUT2D eigenvalue weighted by molar-refractivity contribution is 5.85. The molecule has 188 valence electrons. The number of hydrogen-bond donors (Lipinski definition) is 0. The number of hydrogen-bond acceptors (Lipinski definition) is 4. The summed E-state index contributed by atoms with van der Waals surface area (Å²) in [6, 6.07) is 7.06. The summed E-state index contributed by atoms with van der Waals surface area (Å²) in [5.41, 5.74) is 6.03. The van der Waals surface area contributed by atoms with Crippen LogP contribution in [0, 0.1) is 5.41 Å². The van der Waals surface area contributed by atoms with E-state index in [1.165, 1.54) is 73.9 Å². The smallest absolute Gasteiger partial charge is 0.0642 e. The molecule has 34 heavy (non-hydrogen) atoms. The highest BCUT2D eigenvalue weighted by Gasteiger charge is 2.29. The Morgan fingerprint density at radius 1 is 0.941 bits per heavy atom. The van der Waals surface area contributed by atoms with Gasteiger partial charge in [0.05, 0.1) is 18.9 Å². The molecule has 4 rings (SSSR count). The van der Waals surface area contributed by atoms with Crippen LogP contribution in [0.2, 0.25) is 0 Å². The monoisotopic (exact) mass is 485 g/mol. The largest absolute Gasteiger partial charge is 0.378 e. The van der Waals surface area contributed by atoms with E-state index < -0.39 is 0 Å². The highest BCUT2D eigenvalue weighted by atomic mass is 35.5. The van der Waals surface area contributed by atoms with Crippen LogP contribution < -0.4 is 9.80 Å². The Hall–Kier alpha value is -1.91. The second-order valence-corrected chi connectivity index (χ2v) is 9.89. The zero-order valence-corrected chi connectivity index (χ0v) is 22.3. The number of benzene rings is 1. The van der Waals surface area contributed by atoms with E-state index in [0.29, 0.717) is 5.41 Å². The molecule has 2 aliphatic heterocycles. The van der Waals surface area contributed by atoms with Crippen LogP contribution in [0.1, 0.15) is 77.7 Å². The Morgan fingerprint density at radius 3 is 2.29 bits per heavy atom. The van der Waals surface area contributed by atoms with Crippen molar-refractivity contribution >= 4 is 29.4 Å². The molecule has 0 spiro atoms. The van der Waals surface area contributed by atoms with Crippen LogP contribution >= 0.6 is 12.4 Å². The first-order chi connectivity index (χ1) is 16.2. The topological polar surface area (TPSA) is 19.0 Å². The van der Waals surface area contributed by atoms with Crippen molar-refractivity contribution in [2.45, 2.75) is 72.1 Å². The second-order valence-electron chi connectivity index (χ2n) is 9.89. The predicted octanol–water partition coefficient (Wildman–Crippen LogP) is 7.57. The van der Waals surface area contributed by atoms with Crippen LogP contribution in [0.4, 0.5) is 11.4 Å². The van der Waals surface area contributed by atoms with Crippen molar-refractivity contribution in [3.63, 3.8) is 0 Å². The standard InChI is InChI=1S/C29H43N3O.ClH/c1-4-7-8-15-30-16-18-32(19-17-30)28-10-9-26(31-20-22-33-23-21-31)24-27(28)25-11-13-29(5-2,6-3)14-12-25;/h9-11,16-19,24H,4-8,12-15,20-23H2,1-3H3;1H. The molecule has 0 radical (unpaired) electrons. The quantitative estimate of drug-likeness (QED) is 0.335. The molecule has 1 saturated heterocycles. The maximum absolute atomic E-state index is 5.60. The van der Waals surface area contributed by atoms with Crippen LogP contribution in [0.3, 0.4) is 0 Å². The first-order valence-corrected chi connectivity index (χ1v) is 13.2. The summed E-state index contributed by atoms with van der Waals surface area (Å²) in [4.78, 5) is 7.08. The minimum atomic E-state index is 0. The maximum atomic E-state index is 5.60. The first-order valence-electron chi connectivity index (χ1n) is 13.2. The Kier molecular flexibility index (Phi) is 9.97. The number of anilines is 2. The fourth-order valence-electron chi connectivity index (χ4n) is 5.37. The molecule has 0 saturated carbocycles. The molecule has 1 aliphatic carbocycles. The van der Waals surface area contributed by atoms with E-state index in [9.17, 15) is 0 Å². The normalized spacial score (nSPS) is 19.7. The molecule has 4 nitrogen and oxygen atoms in total. The summed E-state index contributed by atoms with van der Waals surface area (Å²) in [7, 11) is 0. The van der Waals surface area contributed by atoms with Gasteiger partial charge in [0, 0.05) is 55.7 Å². The molecule has 0 unspecified atom stereocenters. The Balaban J connectivity index is 0.00000324. The SMILES string of the molecule is CCCCCN1C=CN(c2ccc(N3CCOCC3)cc2C2=CCC(CC)(CC)CC2)C=C1.Cl. The van der Waals surface area contributed by atoms with Gasteiger partial charge in [0.2, 0.25) is 0 Å². The van der Waals surface area contributed by atoms with Crippen molar-refractivity contribution in [2.24, 2.45) is 5.41 Å². The van der Waals surface area contributed by atoms with E-state index in [1.54, 1.807) is 0 Å². The number of ether oxygens (including phenoxy) is 1. The summed E-state index contributed by atoms with van der Waals surface area (Å²) >= 11 is 0. The van der Waals surface area contributed by atoms with Crippen LogP contribution in [-0.2, 0) is 4.74 Å². The number of morpholine rings is 1. The number of unbranched alkanes of at least 4 members (excludes halogenated alkanes) is 2. The summed E-state index contributed by atoms with van der Waals surface area (Å²) in [5, 5.41) is 0. The van der Waals surface area contributed by atoms with Crippen molar-refractivity contribution in [1.82, 2.24) is 4.90 Å². The van der Waals surface area contributed by atoms with Gasteiger partial charge in [-0.15, -0.1) is 12.4 Å². The third kappa shape index (κ3) is 6.20. The molecule has 1 aromatic carbocycles. The van der Waals surface area contributed by atoms with Crippen molar-refractivity contribution in [3.8, 4) is 0 Å². The lowest BCUT2D eigenvalue weighted by molar-refractivity contribution is 0.122. The maximum Gasteiger partial charge on any atom is 0.0642 e. The molecular formula is C29H44ClN3O. The van der Waals surface area contributed by atoms with Crippen molar-refractivity contribution in [3.05, 3.63) is 54.6 Å². The van der Waals surface area contributed by atoms with E-state index in [-0.39, 0.29) is 12.4 Å². The minimum Gasteiger partial charge on any atom is -0.378 e. The van der Waals surface area contributed by atoms with E-state index in [0.717, 1.165) is 32.8 Å². The molecule has 3 aliphatic rings. The second kappa shape index (κ2) is 12.7. The third-order valence-electron chi connectivity index (χ3n) is 8.04. The van der Waals surface area contributed by atoms with E-state index in [4.69, 9.17) is 4.74 Å². The molecule has 1 aromatic rings. The number of allylic oxidation sites excluding steroid dienone is 2. The Labute approximate surface area is 213 Å². The van der Waals surface area contributed by atoms with Crippen LogP contribution in [0.25, 0.3) is 5.57 Å². The van der Waals surface area contributed by atoms with E-state index in [2.05, 4.69) is 84.5 Å². The molecular weight excluding hydrogens is 442 g/mol. The lowest BCUT2D eigenvalue weighted by atomic mass is 9.70. The van der Waals surface area contributed by atoms with Gasteiger partial charge >= 0.3 is 0 Å². The van der Waals surface area contributed by atoms with Crippen molar-refractivity contribution in [1.29, 1.82) is 0 Å². The molecule has 0 aromatic heterocycles. The van der Waals surface area contributed by atoms with Gasteiger partial charge in [-0.2, -0.15) is 0 Å². The summed E-state index contributed by atoms with van der Waals surface area (Å²) in [6.45, 7) is 11.7. The van der Waals surface area contributed by atoms with Crippen LogP contribution in [-0.4, -0.2) is 37.7 Å². The number of nitrogens with zero attached hydrogens (tertiary/aromatic N) is 3. The third-order valence-corrected chi connectivity index (χ3v) is 8.04. The fourth-order valence-corrected chi connectivity index (χ4v) is 5.37. The minimum absolute atomic E-state index is 0. The fraction of sp³-hybridized carbons (Fsp3) is 0.586. The molecule has 0 N–H and O–H groups in total. The first kappa shape index (κ1) is 26.7. The van der Waals surface area contributed by atoms with Gasteiger partial charge in [0.1, 0.15) is 0 Å². The van der Waals surface area contributed by atoms with E-state index in [1.807, 2.05) is 0 Å². The van der Waals surface area contributed by atoms with Gasteiger partial charge in [-0.1, -0.05) is 52.5 Å². The van der Waals surface area contributed by atoms with Crippen LogP contribution in [0.5, 0.6) is 0 Å². The van der Waals surface area contributed by atoms with Crippen molar-refractivity contribution in [2.75, 3.05) is 42.6 Å². The average molecular weight is 486 g/mol. The molecule has 2 heterocycles. The van der Waals surface area contributed by atoms with Gasteiger partial charge in [0.15, 0.2) is 0 Å². The molecule has 0 amide bonds. The zero-order valence-electron chi connectivity index (χ0n) is 21.5. The highest BCUT2D eigenvalue weighted by Crippen LogP contribution is 2.45. The number of rotatable bonds is 9. The molecule has 1 fully saturated rings. The van der Waals surface area contributed by atoms with E-state index >= 15 is 0 Å². The zero-order chi connectivity index (χ0) is 23.1. The lowest BCUT2D eigenvalue weighted by Crippen LogP contribution is -2.36. The Morgan fingerprint density at radius 2 is 1.68 bits per heavy atom. The lowest BCUT2D eigenvalue weighted by Gasteiger charge is -2.36. The number of halogens is 1. The van der Waals surface area contributed by atoms with Gasteiger partial charge in [0.25, 0.3) is 0 Å². The average Bonchev–Trinajstić information content (AvgIpc) is 2.89. The summed E-state index contributed by atoms with van der Waals surface area (Å²) < 4.78 is 5.60. The predicted molar refractivity (Wildman–Crippen MR) is 149 cm³/mol. The molecule has 0 atom stereocenters. The van der Waals surface area contributed by atoms with Crippen molar-refractivity contribution < 1.29 is 4.74 Å². The van der Waals surface area contributed by atoms with Gasteiger partial charge in [-0.05, 0) is 54.9 Å². The van der Waals surface area contributed by atoms with Gasteiger partial charge < -0.3 is 19.4 Å². The van der Waals surface area contributed by atoms with Gasteiger partial charge in [-0.3, -0.25) is 0 Å². The molecule has 0 bridgehead atoms. The molecule has 5 heteroatoms.